The highest BCUT2D eigenvalue weighted by Crippen LogP contribution is 2.17. The number of hydrogen-bond acceptors (Lipinski definition) is 4. The fourth-order valence-corrected chi connectivity index (χ4v) is 1.41. The van der Waals surface area contributed by atoms with E-state index < -0.39 is 28.8 Å². The number of halogens is 2. The first-order valence-corrected chi connectivity index (χ1v) is 5.77. The van der Waals surface area contributed by atoms with Crippen LogP contribution in [0.5, 0.6) is 0 Å². The predicted octanol–water partition coefficient (Wildman–Crippen LogP) is 0.676. The Morgan fingerprint density at radius 3 is 2.79 bits per heavy atom. The molecule has 0 radical (unpaired) electrons. The van der Waals surface area contributed by atoms with Crippen LogP contribution >= 0.6 is 0 Å². The van der Waals surface area contributed by atoms with Crippen LogP contribution in [-0.2, 0) is 4.74 Å². The third-order valence-electron chi connectivity index (χ3n) is 2.30. The molecular weight excluding hydrogens is 258 g/mol. The number of rotatable bonds is 7. The number of carbonyl (C=O) groups excluding carboxylic acids is 1. The summed E-state index contributed by atoms with van der Waals surface area (Å²) in [6, 6.07) is 1.61. The van der Waals surface area contributed by atoms with Crippen LogP contribution in [0.25, 0.3) is 0 Å². The number of ether oxygens (including phenoxy) is 1. The van der Waals surface area contributed by atoms with Crippen LogP contribution in [0.2, 0.25) is 0 Å². The molecule has 0 fully saturated rings. The molecular formula is C12H16F2N2O3. The van der Waals surface area contributed by atoms with Crippen LogP contribution in [0.3, 0.4) is 0 Å². The molecule has 0 unspecified atom stereocenters. The Kier molecular flexibility index (Phi) is 6.17. The summed E-state index contributed by atoms with van der Waals surface area (Å²) in [4.78, 5) is 11.6. The van der Waals surface area contributed by atoms with E-state index in [1.54, 1.807) is 0 Å². The number of nitrogen functional groups attached to an aromatic ring is 1. The molecule has 0 bridgehead atoms. The van der Waals surface area contributed by atoms with Gasteiger partial charge in [0.05, 0.1) is 24.5 Å². The number of anilines is 1. The van der Waals surface area contributed by atoms with Gasteiger partial charge in [-0.1, -0.05) is 0 Å². The molecule has 0 heterocycles. The summed E-state index contributed by atoms with van der Waals surface area (Å²) >= 11 is 0. The van der Waals surface area contributed by atoms with Crippen molar-refractivity contribution in [2.45, 2.75) is 6.42 Å². The fourth-order valence-electron chi connectivity index (χ4n) is 1.41. The van der Waals surface area contributed by atoms with Crippen molar-refractivity contribution in [2.24, 2.45) is 0 Å². The summed E-state index contributed by atoms with van der Waals surface area (Å²) in [5.41, 5.74) is 4.40. The van der Waals surface area contributed by atoms with Crippen molar-refractivity contribution in [2.75, 3.05) is 32.1 Å². The van der Waals surface area contributed by atoms with Crippen molar-refractivity contribution in [3.8, 4) is 0 Å². The average molecular weight is 274 g/mol. The van der Waals surface area contributed by atoms with Gasteiger partial charge in [-0.2, -0.15) is 0 Å². The largest absolute Gasteiger partial charge is 0.396 e. The third kappa shape index (κ3) is 4.80. The maximum absolute atomic E-state index is 13.5. The van der Waals surface area contributed by atoms with Gasteiger partial charge in [-0.3, -0.25) is 4.79 Å². The van der Waals surface area contributed by atoms with Crippen molar-refractivity contribution in [3.63, 3.8) is 0 Å². The van der Waals surface area contributed by atoms with Crippen molar-refractivity contribution in [3.05, 3.63) is 29.3 Å². The van der Waals surface area contributed by atoms with Gasteiger partial charge in [0.1, 0.15) is 5.82 Å². The summed E-state index contributed by atoms with van der Waals surface area (Å²) in [5, 5.41) is 10.9. The standard InChI is InChI=1S/C12H16F2N2O3/c13-8-6-9(11(14)10(15)7-8)12(18)16-2-1-4-19-5-3-17/h6-7,17H,1-5,15H2,(H,16,18). The van der Waals surface area contributed by atoms with Gasteiger partial charge in [-0.25, -0.2) is 8.78 Å². The number of carbonyl (C=O) groups is 1. The van der Waals surface area contributed by atoms with Crippen LogP contribution in [-0.4, -0.2) is 37.4 Å². The second-order valence-corrected chi connectivity index (χ2v) is 3.80. The average Bonchev–Trinajstić information content (AvgIpc) is 2.37. The molecule has 1 rings (SSSR count). The van der Waals surface area contributed by atoms with Gasteiger partial charge in [0.15, 0.2) is 5.82 Å². The zero-order valence-corrected chi connectivity index (χ0v) is 10.3. The van der Waals surface area contributed by atoms with Crippen molar-refractivity contribution in [1.29, 1.82) is 0 Å². The molecule has 106 valence electrons. The van der Waals surface area contributed by atoms with E-state index in [9.17, 15) is 13.6 Å². The second kappa shape index (κ2) is 7.65. The number of aliphatic hydroxyl groups is 1. The quantitative estimate of drug-likeness (QED) is 0.504. The Balaban J connectivity index is 2.46. The van der Waals surface area contributed by atoms with Crippen molar-refractivity contribution >= 4 is 11.6 Å². The molecule has 0 saturated heterocycles. The van der Waals surface area contributed by atoms with E-state index in [2.05, 4.69) is 5.32 Å². The summed E-state index contributed by atoms with van der Waals surface area (Å²) < 4.78 is 31.5. The molecule has 0 aliphatic carbocycles. The van der Waals surface area contributed by atoms with Gasteiger partial charge in [-0.15, -0.1) is 0 Å². The second-order valence-electron chi connectivity index (χ2n) is 3.80. The molecule has 0 atom stereocenters. The highest BCUT2D eigenvalue weighted by atomic mass is 19.1. The number of aliphatic hydroxyl groups excluding tert-OH is 1. The molecule has 0 saturated carbocycles. The van der Waals surface area contributed by atoms with Crippen LogP contribution in [0.15, 0.2) is 12.1 Å². The maximum Gasteiger partial charge on any atom is 0.254 e. The lowest BCUT2D eigenvalue weighted by Gasteiger charge is -2.08. The van der Waals surface area contributed by atoms with E-state index in [0.717, 1.165) is 12.1 Å². The predicted molar refractivity (Wildman–Crippen MR) is 65.6 cm³/mol. The van der Waals surface area contributed by atoms with E-state index in [1.165, 1.54) is 0 Å². The highest BCUT2D eigenvalue weighted by Gasteiger charge is 2.15. The number of nitrogens with two attached hydrogens (primary N) is 1. The van der Waals surface area contributed by atoms with Gasteiger partial charge in [0.25, 0.3) is 5.91 Å². The van der Waals surface area contributed by atoms with Crippen LogP contribution < -0.4 is 11.1 Å². The molecule has 19 heavy (non-hydrogen) atoms. The summed E-state index contributed by atoms with van der Waals surface area (Å²) in [6.07, 6.45) is 0.498. The van der Waals surface area contributed by atoms with E-state index >= 15 is 0 Å². The lowest BCUT2D eigenvalue weighted by Crippen LogP contribution is -2.26. The Bertz CT molecular complexity index is 441. The zero-order valence-electron chi connectivity index (χ0n) is 10.3. The molecule has 1 amide bonds. The highest BCUT2D eigenvalue weighted by molar-refractivity contribution is 5.95. The van der Waals surface area contributed by atoms with E-state index in [-0.39, 0.29) is 19.8 Å². The number of nitrogens with one attached hydrogen (secondary N) is 1. The fraction of sp³-hybridized carbons (Fsp3) is 0.417. The number of benzene rings is 1. The van der Waals surface area contributed by atoms with Crippen LogP contribution in [0, 0.1) is 11.6 Å². The first-order chi connectivity index (χ1) is 9.06. The van der Waals surface area contributed by atoms with Gasteiger partial charge in [-0.05, 0) is 18.6 Å². The minimum Gasteiger partial charge on any atom is -0.396 e. The SMILES string of the molecule is Nc1cc(F)cc(C(=O)NCCCOCCO)c1F. The minimum atomic E-state index is -0.935. The normalized spacial score (nSPS) is 10.5. The minimum absolute atomic E-state index is 0.0693. The zero-order chi connectivity index (χ0) is 14.3. The van der Waals surface area contributed by atoms with E-state index in [1.807, 2.05) is 0 Å². The smallest absolute Gasteiger partial charge is 0.254 e. The molecule has 5 nitrogen and oxygen atoms in total. The molecule has 4 N–H and O–H groups in total. The molecule has 1 aromatic carbocycles. The monoisotopic (exact) mass is 274 g/mol. The summed E-state index contributed by atoms with van der Waals surface area (Å²) in [7, 11) is 0. The van der Waals surface area contributed by atoms with Crippen LogP contribution in [0.4, 0.5) is 14.5 Å². The molecule has 0 spiro atoms. The van der Waals surface area contributed by atoms with E-state index in [0.29, 0.717) is 13.0 Å². The van der Waals surface area contributed by atoms with Crippen molar-refractivity contribution in [1.82, 2.24) is 5.32 Å². The lowest BCUT2D eigenvalue weighted by atomic mass is 10.1. The lowest BCUT2D eigenvalue weighted by molar-refractivity contribution is 0.0866. The van der Waals surface area contributed by atoms with Crippen molar-refractivity contribution < 1.29 is 23.4 Å². The molecule has 0 aliphatic rings. The maximum atomic E-state index is 13.5. The molecule has 1 aromatic rings. The van der Waals surface area contributed by atoms with Gasteiger partial charge in [0, 0.05) is 13.2 Å². The Hall–Kier alpha value is -1.73. The van der Waals surface area contributed by atoms with Gasteiger partial charge < -0.3 is 20.9 Å². The van der Waals surface area contributed by atoms with Crippen LogP contribution in [0.1, 0.15) is 16.8 Å². The number of hydrogen-bond donors (Lipinski definition) is 3. The third-order valence-corrected chi connectivity index (χ3v) is 2.30. The Morgan fingerprint density at radius 2 is 2.11 bits per heavy atom. The van der Waals surface area contributed by atoms with Gasteiger partial charge >= 0.3 is 0 Å². The number of amides is 1. The first kappa shape index (κ1) is 15.3. The molecule has 0 aliphatic heterocycles. The molecule has 0 aromatic heterocycles. The molecule has 7 heteroatoms. The topological polar surface area (TPSA) is 84.6 Å². The Morgan fingerprint density at radius 1 is 1.37 bits per heavy atom. The summed E-state index contributed by atoms with van der Waals surface area (Å²) in [5.74, 6) is -2.43. The van der Waals surface area contributed by atoms with Gasteiger partial charge in [0.2, 0.25) is 0 Å². The first-order valence-electron chi connectivity index (χ1n) is 5.77. The van der Waals surface area contributed by atoms with E-state index in [4.69, 9.17) is 15.6 Å². The summed E-state index contributed by atoms with van der Waals surface area (Å²) in [6.45, 7) is 0.762. The Labute approximate surface area is 109 Å².